The molecule has 0 saturated carbocycles. The molecule has 132 valence electrons. The molecule has 1 spiro atoms. The van der Waals surface area contributed by atoms with Crippen LogP contribution in [0.15, 0.2) is 36.5 Å². The average molecular weight is 327 g/mol. The lowest BCUT2D eigenvalue weighted by Gasteiger charge is -2.30. The van der Waals surface area contributed by atoms with E-state index in [2.05, 4.69) is 54.5 Å². The number of rotatable bonds is 6. The Kier molecular flexibility index (Phi) is 5.65. The van der Waals surface area contributed by atoms with Crippen molar-refractivity contribution in [3.8, 4) is 0 Å². The van der Waals surface area contributed by atoms with Crippen LogP contribution in [0.4, 0.5) is 0 Å². The summed E-state index contributed by atoms with van der Waals surface area (Å²) < 4.78 is 0. The van der Waals surface area contributed by atoms with Gasteiger partial charge in [0.1, 0.15) is 0 Å². The highest BCUT2D eigenvalue weighted by atomic mass is 15.2. The van der Waals surface area contributed by atoms with Crippen LogP contribution in [0.25, 0.3) is 0 Å². The fourth-order valence-corrected chi connectivity index (χ4v) is 4.81. The third-order valence-electron chi connectivity index (χ3n) is 6.21. The minimum atomic E-state index is 0.453. The molecule has 0 radical (unpaired) electrons. The zero-order chi connectivity index (χ0) is 17.0. The Morgan fingerprint density at radius 1 is 1.08 bits per heavy atom. The lowest BCUT2D eigenvalue weighted by atomic mass is 9.77. The summed E-state index contributed by atoms with van der Waals surface area (Å²) in [4.78, 5) is 5.11. The Bertz CT molecular complexity index is 534. The summed E-state index contributed by atoms with van der Waals surface area (Å²) in [5, 5.41) is 0. The lowest BCUT2D eigenvalue weighted by molar-refractivity contribution is 0.261. The second-order valence-electron chi connectivity index (χ2n) is 7.84. The number of benzene rings is 1. The van der Waals surface area contributed by atoms with Crippen molar-refractivity contribution >= 4 is 0 Å². The summed E-state index contributed by atoms with van der Waals surface area (Å²) >= 11 is 0. The average Bonchev–Trinajstić information content (AvgIpc) is 2.87. The van der Waals surface area contributed by atoms with Crippen LogP contribution in [0, 0.1) is 5.41 Å². The maximum Gasteiger partial charge on any atom is 0.0187 e. The lowest BCUT2D eigenvalue weighted by Crippen LogP contribution is -2.30. The molecule has 0 amide bonds. The molecule has 0 atom stereocenters. The third-order valence-corrected chi connectivity index (χ3v) is 6.21. The largest absolute Gasteiger partial charge is 0.375 e. The highest BCUT2D eigenvalue weighted by Gasteiger charge is 2.39. The Morgan fingerprint density at radius 2 is 1.75 bits per heavy atom. The van der Waals surface area contributed by atoms with Crippen LogP contribution in [-0.2, 0) is 12.8 Å². The first-order valence-electron chi connectivity index (χ1n) is 9.87. The van der Waals surface area contributed by atoms with E-state index in [4.69, 9.17) is 0 Å². The minimum Gasteiger partial charge on any atom is -0.375 e. The number of nitrogens with zero attached hydrogens (tertiary/aromatic N) is 2. The zero-order valence-corrected chi connectivity index (χ0v) is 15.7. The molecule has 1 fully saturated rings. The van der Waals surface area contributed by atoms with Crippen LogP contribution < -0.4 is 0 Å². The fraction of sp³-hybridized carbons (Fsp3) is 0.636. The van der Waals surface area contributed by atoms with Crippen molar-refractivity contribution in [2.75, 3.05) is 32.7 Å². The van der Waals surface area contributed by atoms with Gasteiger partial charge in [0.2, 0.25) is 0 Å². The molecule has 2 nitrogen and oxygen atoms in total. The van der Waals surface area contributed by atoms with Gasteiger partial charge in [-0.25, -0.2) is 0 Å². The Labute approximate surface area is 148 Å². The molecule has 1 aliphatic heterocycles. The van der Waals surface area contributed by atoms with E-state index in [1.54, 1.807) is 11.1 Å². The standard InChI is InChI=1S/C22H34N2/c1-4-23(5-2)13-9-15-24-14-8-12-22(16-19(24)3)17-20-10-6-7-11-21(20)18-22/h6-7,10-11H,3-5,8-9,12-18H2,1-2H3. The summed E-state index contributed by atoms with van der Waals surface area (Å²) in [5.74, 6) is 0. The van der Waals surface area contributed by atoms with Gasteiger partial charge >= 0.3 is 0 Å². The van der Waals surface area contributed by atoms with E-state index in [9.17, 15) is 0 Å². The predicted octanol–water partition coefficient (Wildman–Crippen LogP) is 4.50. The second kappa shape index (κ2) is 7.74. The molecule has 0 unspecified atom stereocenters. The van der Waals surface area contributed by atoms with Crippen molar-refractivity contribution in [3.63, 3.8) is 0 Å². The van der Waals surface area contributed by atoms with Crippen LogP contribution in [0.1, 0.15) is 50.7 Å². The first-order valence-corrected chi connectivity index (χ1v) is 9.87. The van der Waals surface area contributed by atoms with E-state index in [0.29, 0.717) is 5.41 Å². The maximum atomic E-state index is 4.49. The van der Waals surface area contributed by atoms with Gasteiger partial charge in [-0.15, -0.1) is 0 Å². The number of likely N-dealkylation sites (tertiary alicyclic amines) is 1. The number of hydrogen-bond donors (Lipinski definition) is 0. The van der Waals surface area contributed by atoms with E-state index in [0.717, 1.165) is 0 Å². The molecular weight excluding hydrogens is 292 g/mol. The highest BCUT2D eigenvalue weighted by molar-refractivity contribution is 5.35. The van der Waals surface area contributed by atoms with Crippen molar-refractivity contribution < 1.29 is 0 Å². The second-order valence-corrected chi connectivity index (χ2v) is 7.84. The van der Waals surface area contributed by atoms with E-state index >= 15 is 0 Å². The molecule has 0 N–H and O–H groups in total. The summed E-state index contributed by atoms with van der Waals surface area (Å²) in [6.07, 6.45) is 7.64. The minimum absolute atomic E-state index is 0.453. The number of allylic oxidation sites excluding steroid dienone is 1. The maximum absolute atomic E-state index is 4.49. The molecule has 24 heavy (non-hydrogen) atoms. The summed E-state index contributed by atoms with van der Waals surface area (Å²) in [6, 6.07) is 9.06. The van der Waals surface area contributed by atoms with E-state index in [-0.39, 0.29) is 0 Å². The molecule has 0 aromatic heterocycles. The molecule has 0 bridgehead atoms. The Morgan fingerprint density at radius 3 is 2.38 bits per heavy atom. The third kappa shape index (κ3) is 3.85. The van der Waals surface area contributed by atoms with E-state index in [1.807, 2.05) is 0 Å². The van der Waals surface area contributed by atoms with Crippen molar-refractivity contribution in [2.24, 2.45) is 5.41 Å². The van der Waals surface area contributed by atoms with E-state index in [1.165, 1.54) is 76.9 Å². The molecule has 1 saturated heterocycles. The van der Waals surface area contributed by atoms with Gasteiger partial charge in [0.05, 0.1) is 0 Å². The SMILES string of the molecule is C=C1CC2(CCCN1CCCN(CC)CC)Cc1ccccc1C2. The molecule has 2 heteroatoms. The Balaban J connectivity index is 1.57. The van der Waals surface area contributed by atoms with Gasteiger partial charge in [-0.2, -0.15) is 0 Å². The van der Waals surface area contributed by atoms with Crippen molar-refractivity contribution in [1.29, 1.82) is 0 Å². The molecular formula is C22H34N2. The number of fused-ring (bicyclic) bond motifs is 1. The fourth-order valence-electron chi connectivity index (χ4n) is 4.81. The highest BCUT2D eigenvalue weighted by Crippen LogP contribution is 2.46. The zero-order valence-electron chi connectivity index (χ0n) is 15.7. The molecule has 1 aromatic rings. The summed E-state index contributed by atoms with van der Waals surface area (Å²) in [7, 11) is 0. The van der Waals surface area contributed by atoms with Gasteiger partial charge in [0, 0.05) is 18.8 Å². The van der Waals surface area contributed by atoms with Crippen LogP contribution in [0.3, 0.4) is 0 Å². The molecule has 1 heterocycles. The first-order chi connectivity index (χ1) is 11.7. The molecule has 2 aliphatic rings. The van der Waals surface area contributed by atoms with Gasteiger partial charge in [-0.3, -0.25) is 0 Å². The topological polar surface area (TPSA) is 6.48 Å². The quantitative estimate of drug-likeness (QED) is 0.759. The Hall–Kier alpha value is -1.28. The van der Waals surface area contributed by atoms with Crippen LogP contribution in [-0.4, -0.2) is 42.5 Å². The van der Waals surface area contributed by atoms with Crippen LogP contribution >= 0.6 is 0 Å². The molecule has 1 aromatic carbocycles. The van der Waals surface area contributed by atoms with Crippen LogP contribution in [0.2, 0.25) is 0 Å². The number of hydrogen-bond acceptors (Lipinski definition) is 2. The smallest absolute Gasteiger partial charge is 0.0187 e. The van der Waals surface area contributed by atoms with Gasteiger partial charge in [-0.1, -0.05) is 44.7 Å². The molecule has 3 rings (SSSR count). The summed E-state index contributed by atoms with van der Waals surface area (Å²) in [5.41, 5.74) is 5.01. The van der Waals surface area contributed by atoms with Crippen molar-refractivity contribution in [3.05, 3.63) is 47.7 Å². The molecule has 1 aliphatic carbocycles. The normalized spacial score (nSPS) is 19.8. The van der Waals surface area contributed by atoms with Crippen molar-refractivity contribution in [1.82, 2.24) is 9.80 Å². The summed E-state index contributed by atoms with van der Waals surface area (Å²) in [6.45, 7) is 14.9. The van der Waals surface area contributed by atoms with Gasteiger partial charge in [-0.05, 0) is 74.7 Å². The van der Waals surface area contributed by atoms with Crippen LogP contribution in [0.5, 0.6) is 0 Å². The van der Waals surface area contributed by atoms with E-state index < -0.39 is 0 Å². The van der Waals surface area contributed by atoms with Gasteiger partial charge in [0.15, 0.2) is 0 Å². The van der Waals surface area contributed by atoms with Gasteiger partial charge < -0.3 is 9.80 Å². The predicted molar refractivity (Wildman–Crippen MR) is 103 cm³/mol. The van der Waals surface area contributed by atoms with Crippen molar-refractivity contribution in [2.45, 2.75) is 52.4 Å². The first kappa shape index (κ1) is 17.5. The van der Waals surface area contributed by atoms with Gasteiger partial charge in [0.25, 0.3) is 0 Å². The monoisotopic (exact) mass is 326 g/mol.